The second kappa shape index (κ2) is 8.41. The third-order valence-corrected chi connectivity index (χ3v) is 7.28. The van der Waals surface area contributed by atoms with Crippen molar-refractivity contribution in [1.82, 2.24) is 16.2 Å². The number of nitrogens with one attached hydrogen (secondary N) is 3. The Labute approximate surface area is 156 Å². The minimum Gasteiger partial charge on any atom is -0.374 e. The maximum Gasteiger partial charge on any atom is 0.0965 e. The first kappa shape index (κ1) is 18.5. The van der Waals surface area contributed by atoms with Crippen LogP contribution in [-0.4, -0.2) is 49.6 Å². The minimum atomic E-state index is 0.114. The summed E-state index contributed by atoms with van der Waals surface area (Å²) in [6, 6.07) is 1.05. The van der Waals surface area contributed by atoms with Gasteiger partial charge in [0.2, 0.25) is 0 Å². The van der Waals surface area contributed by atoms with Crippen LogP contribution in [0.2, 0.25) is 0 Å². The van der Waals surface area contributed by atoms with E-state index in [1.165, 1.54) is 25.7 Å². The van der Waals surface area contributed by atoms with E-state index in [9.17, 15) is 0 Å². The van der Waals surface area contributed by atoms with Gasteiger partial charge in [-0.2, -0.15) is 0 Å². The van der Waals surface area contributed by atoms with E-state index >= 15 is 0 Å². The lowest BCUT2D eigenvalue weighted by Gasteiger charge is -2.40. The van der Waals surface area contributed by atoms with Crippen molar-refractivity contribution in [3.05, 3.63) is 0 Å². The predicted octanol–water partition coefficient (Wildman–Crippen LogP) is 2.40. The SMILES string of the molecule is C[C@@H]1CCNCOCC2CCCC(C2)C2NNC3CC(Cl)C(CC32)O1. The van der Waals surface area contributed by atoms with E-state index < -0.39 is 0 Å². The van der Waals surface area contributed by atoms with Crippen molar-refractivity contribution >= 4 is 11.6 Å². The number of ether oxygens (including phenoxy) is 2. The number of hydrogen-bond donors (Lipinski definition) is 3. The first-order chi connectivity index (χ1) is 12.2. The van der Waals surface area contributed by atoms with Crippen LogP contribution in [0.3, 0.4) is 0 Å². The van der Waals surface area contributed by atoms with Gasteiger partial charge >= 0.3 is 0 Å². The highest BCUT2D eigenvalue weighted by Gasteiger charge is 2.47. The molecule has 4 fully saturated rings. The number of hydrazine groups is 1. The number of fused-ring (bicyclic) bond motifs is 4. The molecule has 0 aromatic rings. The van der Waals surface area contributed by atoms with Crippen molar-refractivity contribution < 1.29 is 9.47 Å². The molecule has 0 radical (unpaired) electrons. The summed E-state index contributed by atoms with van der Waals surface area (Å²) in [5.41, 5.74) is 7.21. The van der Waals surface area contributed by atoms with E-state index in [1.807, 2.05) is 0 Å². The van der Waals surface area contributed by atoms with Gasteiger partial charge in [-0.15, -0.1) is 11.6 Å². The molecule has 2 heterocycles. The summed E-state index contributed by atoms with van der Waals surface area (Å²) in [5, 5.41) is 3.51. The van der Waals surface area contributed by atoms with Gasteiger partial charge in [-0.1, -0.05) is 6.42 Å². The van der Waals surface area contributed by atoms with Crippen LogP contribution in [0.15, 0.2) is 0 Å². The zero-order valence-corrected chi connectivity index (χ0v) is 16.1. The van der Waals surface area contributed by atoms with Crippen molar-refractivity contribution in [3.63, 3.8) is 0 Å². The molecule has 4 rings (SSSR count). The normalized spacial score (nSPS) is 49.2. The van der Waals surface area contributed by atoms with Crippen LogP contribution in [0.5, 0.6) is 0 Å². The fourth-order valence-corrected chi connectivity index (χ4v) is 5.84. The predicted molar refractivity (Wildman–Crippen MR) is 99.4 cm³/mol. The van der Waals surface area contributed by atoms with Crippen LogP contribution in [0.1, 0.15) is 51.9 Å². The molecule has 3 N–H and O–H groups in total. The number of alkyl halides is 1. The fourth-order valence-electron chi connectivity index (χ4n) is 5.48. The average Bonchev–Trinajstić information content (AvgIpc) is 3.00. The molecule has 0 amide bonds. The highest BCUT2D eigenvalue weighted by atomic mass is 35.5. The summed E-state index contributed by atoms with van der Waals surface area (Å²) in [6.45, 7) is 4.66. The van der Waals surface area contributed by atoms with Gasteiger partial charge in [0.15, 0.2) is 0 Å². The summed E-state index contributed by atoms with van der Waals surface area (Å²) in [4.78, 5) is 0. The highest BCUT2D eigenvalue weighted by Crippen LogP contribution is 2.41. The topological polar surface area (TPSA) is 54.5 Å². The van der Waals surface area contributed by atoms with E-state index in [0.717, 1.165) is 38.3 Å². The smallest absolute Gasteiger partial charge is 0.0965 e. The molecule has 2 aliphatic heterocycles. The molecular weight excluding hydrogens is 338 g/mol. The van der Waals surface area contributed by atoms with Gasteiger partial charge in [-0.3, -0.25) is 16.2 Å². The molecular formula is C19H34ClN3O2. The van der Waals surface area contributed by atoms with Crippen LogP contribution in [0, 0.1) is 17.8 Å². The van der Waals surface area contributed by atoms with E-state index in [0.29, 0.717) is 30.7 Å². The van der Waals surface area contributed by atoms with Gasteiger partial charge in [0.25, 0.3) is 0 Å². The first-order valence-corrected chi connectivity index (χ1v) is 10.7. The lowest BCUT2D eigenvalue weighted by atomic mass is 9.70. The Morgan fingerprint density at radius 2 is 1.96 bits per heavy atom. The summed E-state index contributed by atoms with van der Waals surface area (Å²) in [6.07, 6.45) is 8.78. The minimum absolute atomic E-state index is 0.114. The van der Waals surface area contributed by atoms with Crippen molar-refractivity contribution in [1.29, 1.82) is 0 Å². The number of hydrogen-bond acceptors (Lipinski definition) is 5. The van der Waals surface area contributed by atoms with Gasteiger partial charge in [-0.25, -0.2) is 0 Å². The maximum atomic E-state index is 6.69. The molecule has 0 aromatic carbocycles. The number of rotatable bonds is 0. The van der Waals surface area contributed by atoms with E-state index in [2.05, 4.69) is 23.1 Å². The Kier molecular flexibility index (Phi) is 6.20. The lowest BCUT2D eigenvalue weighted by Crippen LogP contribution is -2.46. The zero-order valence-electron chi connectivity index (χ0n) is 15.4. The molecule has 0 aromatic heterocycles. The molecule has 2 saturated heterocycles. The summed E-state index contributed by atoms with van der Waals surface area (Å²) in [7, 11) is 0. The quantitative estimate of drug-likeness (QED) is 0.571. The third-order valence-electron chi connectivity index (χ3n) is 6.82. The second-order valence-electron chi connectivity index (χ2n) is 8.65. The van der Waals surface area contributed by atoms with Gasteiger partial charge in [0, 0.05) is 12.1 Å². The molecule has 4 aliphatic rings. The molecule has 2 saturated carbocycles. The Morgan fingerprint density at radius 3 is 2.88 bits per heavy atom. The lowest BCUT2D eigenvalue weighted by molar-refractivity contribution is -0.0377. The van der Waals surface area contributed by atoms with Gasteiger partial charge < -0.3 is 9.47 Å². The van der Waals surface area contributed by atoms with Crippen LogP contribution < -0.4 is 16.2 Å². The third kappa shape index (κ3) is 4.33. The van der Waals surface area contributed by atoms with Crippen molar-refractivity contribution in [2.75, 3.05) is 19.9 Å². The molecule has 7 unspecified atom stereocenters. The zero-order chi connectivity index (χ0) is 17.2. The second-order valence-corrected chi connectivity index (χ2v) is 9.21. The summed E-state index contributed by atoms with van der Waals surface area (Å²) < 4.78 is 12.3. The Balaban J connectivity index is 1.49. The van der Waals surface area contributed by atoms with Crippen LogP contribution >= 0.6 is 11.6 Å². The molecule has 144 valence electrons. The monoisotopic (exact) mass is 371 g/mol. The highest BCUT2D eigenvalue weighted by molar-refractivity contribution is 6.21. The van der Waals surface area contributed by atoms with E-state index in [-0.39, 0.29) is 17.6 Å². The molecule has 25 heavy (non-hydrogen) atoms. The van der Waals surface area contributed by atoms with Crippen LogP contribution in [-0.2, 0) is 9.47 Å². The molecule has 8 atom stereocenters. The van der Waals surface area contributed by atoms with Crippen molar-refractivity contribution in [3.8, 4) is 0 Å². The summed E-state index contributed by atoms with van der Waals surface area (Å²) in [5.74, 6) is 2.09. The molecule has 5 nitrogen and oxygen atoms in total. The van der Waals surface area contributed by atoms with Gasteiger partial charge in [0.05, 0.1) is 30.9 Å². The maximum absolute atomic E-state index is 6.69. The molecule has 0 spiro atoms. The van der Waals surface area contributed by atoms with Gasteiger partial charge in [-0.05, 0) is 69.7 Å². The van der Waals surface area contributed by atoms with E-state index in [4.69, 9.17) is 21.1 Å². The molecule has 2 aliphatic carbocycles. The molecule has 4 bridgehead atoms. The van der Waals surface area contributed by atoms with Crippen LogP contribution in [0.4, 0.5) is 0 Å². The fraction of sp³-hybridized carbons (Fsp3) is 1.00. The number of halogens is 1. The Bertz CT molecular complexity index is 441. The van der Waals surface area contributed by atoms with Gasteiger partial charge in [0.1, 0.15) is 0 Å². The standard InChI is InChI=1S/C19H34ClN3O2/c1-12-5-6-21-11-24-10-13-3-2-4-14(7-13)19-15-8-18(25-12)16(20)9-17(15)22-23-19/h12-19,21-23H,2-11H2,1H3/t12-,13?,14?,15?,16?,17?,18?,19?/m1/s1. The molecule has 6 heteroatoms. The average molecular weight is 372 g/mol. The Hall–Kier alpha value is 0.0900. The van der Waals surface area contributed by atoms with E-state index in [1.54, 1.807) is 0 Å². The first-order valence-electron chi connectivity index (χ1n) is 10.3. The van der Waals surface area contributed by atoms with Crippen molar-refractivity contribution in [2.45, 2.75) is 81.5 Å². The Morgan fingerprint density at radius 1 is 1.04 bits per heavy atom. The summed E-state index contributed by atoms with van der Waals surface area (Å²) >= 11 is 6.69. The van der Waals surface area contributed by atoms with Crippen molar-refractivity contribution in [2.24, 2.45) is 17.8 Å². The largest absolute Gasteiger partial charge is 0.374 e. The van der Waals surface area contributed by atoms with Crippen LogP contribution in [0.25, 0.3) is 0 Å².